The van der Waals surface area contributed by atoms with E-state index in [0.717, 1.165) is 12.0 Å². The van der Waals surface area contributed by atoms with Crippen molar-refractivity contribution < 1.29 is 14.3 Å². The molecule has 1 atom stereocenters. The van der Waals surface area contributed by atoms with Gasteiger partial charge in [0.15, 0.2) is 0 Å². The molecule has 1 aromatic rings. The Hall–Kier alpha value is -2.10. The predicted molar refractivity (Wildman–Crippen MR) is 76.9 cm³/mol. The van der Waals surface area contributed by atoms with Gasteiger partial charge < -0.3 is 4.74 Å². The highest BCUT2D eigenvalue weighted by Gasteiger charge is 2.36. The lowest BCUT2D eigenvalue weighted by molar-refractivity contribution is -0.124. The van der Waals surface area contributed by atoms with E-state index in [9.17, 15) is 9.59 Å². The molecule has 106 valence electrons. The third kappa shape index (κ3) is 3.47. The van der Waals surface area contributed by atoms with E-state index in [2.05, 4.69) is 13.8 Å². The Bertz CT molecular complexity index is 508. The van der Waals surface area contributed by atoms with Gasteiger partial charge in [0, 0.05) is 6.08 Å². The molecule has 0 bridgehead atoms. The summed E-state index contributed by atoms with van der Waals surface area (Å²) < 4.78 is 4.98. The molecular formula is C16H19NO3. The minimum Gasteiger partial charge on any atom is -0.447 e. The first-order chi connectivity index (χ1) is 9.58. The van der Waals surface area contributed by atoms with Crippen molar-refractivity contribution >= 4 is 18.1 Å². The SMILES string of the molecule is CC(C)C[C@H]1COC(=O)N1C(=O)/C=C\c1ccccc1. The highest BCUT2D eigenvalue weighted by molar-refractivity contribution is 6.01. The van der Waals surface area contributed by atoms with Crippen molar-refractivity contribution in [2.24, 2.45) is 5.92 Å². The summed E-state index contributed by atoms with van der Waals surface area (Å²) in [5, 5.41) is 0. The molecule has 4 heteroatoms. The summed E-state index contributed by atoms with van der Waals surface area (Å²) in [6, 6.07) is 9.35. The van der Waals surface area contributed by atoms with Crippen molar-refractivity contribution in [2.75, 3.05) is 6.61 Å². The molecule has 0 N–H and O–H groups in total. The maximum Gasteiger partial charge on any atom is 0.417 e. The van der Waals surface area contributed by atoms with Crippen LogP contribution in [0.25, 0.3) is 6.08 Å². The fourth-order valence-electron chi connectivity index (χ4n) is 2.26. The topological polar surface area (TPSA) is 46.6 Å². The van der Waals surface area contributed by atoms with E-state index in [1.54, 1.807) is 6.08 Å². The molecule has 0 spiro atoms. The minimum absolute atomic E-state index is 0.157. The van der Waals surface area contributed by atoms with Crippen LogP contribution in [0.1, 0.15) is 25.8 Å². The number of imide groups is 1. The fraction of sp³-hybridized carbons (Fsp3) is 0.375. The number of carbonyl (C=O) groups is 2. The van der Waals surface area contributed by atoms with Crippen LogP contribution in [0.15, 0.2) is 36.4 Å². The first kappa shape index (κ1) is 14.3. The van der Waals surface area contributed by atoms with E-state index in [4.69, 9.17) is 4.74 Å². The highest BCUT2D eigenvalue weighted by atomic mass is 16.6. The Morgan fingerprint density at radius 3 is 2.75 bits per heavy atom. The maximum absolute atomic E-state index is 12.2. The van der Waals surface area contributed by atoms with E-state index in [-0.39, 0.29) is 11.9 Å². The normalized spacial score (nSPS) is 18.9. The van der Waals surface area contributed by atoms with Crippen LogP contribution in [0.4, 0.5) is 4.79 Å². The number of cyclic esters (lactones) is 1. The van der Waals surface area contributed by atoms with Gasteiger partial charge >= 0.3 is 6.09 Å². The molecule has 1 fully saturated rings. The smallest absolute Gasteiger partial charge is 0.417 e. The van der Waals surface area contributed by atoms with Gasteiger partial charge in [0.05, 0.1) is 6.04 Å². The van der Waals surface area contributed by atoms with E-state index in [1.807, 2.05) is 30.3 Å². The van der Waals surface area contributed by atoms with Crippen LogP contribution in [0.3, 0.4) is 0 Å². The molecule has 2 rings (SSSR count). The molecule has 0 unspecified atom stereocenters. The predicted octanol–water partition coefficient (Wildman–Crippen LogP) is 3.09. The molecule has 1 saturated heterocycles. The van der Waals surface area contributed by atoms with Gasteiger partial charge in [-0.05, 0) is 24.0 Å². The largest absolute Gasteiger partial charge is 0.447 e. The summed E-state index contributed by atoms with van der Waals surface area (Å²) in [6.07, 6.45) is 3.35. The lowest BCUT2D eigenvalue weighted by Gasteiger charge is -2.19. The van der Waals surface area contributed by atoms with Gasteiger partial charge in [-0.2, -0.15) is 0 Å². The molecule has 1 heterocycles. The van der Waals surface area contributed by atoms with Crippen molar-refractivity contribution in [3.05, 3.63) is 42.0 Å². The van der Waals surface area contributed by atoms with Crippen LogP contribution >= 0.6 is 0 Å². The van der Waals surface area contributed by atoms with Crippen LogP contribution in [-0.2, 0) is 9.53 Å². The second-order valence-corrected chi connectivity index (χ2v) is 5.31. The zero-order valence-electron chi connectivity index (χ0n) is 11.8. The number of ether oxygens (including phenoxy) is 1. The quantitative estimate of drug-likeness (QED) is 0.792. The standard InChI is InChI=1S/C16H19NO3/c1-12(2)10-14-11-20-16(19)17(14)15(18)9-8-13-6-4-3-5-7-13/h3-9,12,14H,10-11H2,1-2H3/b9-8-/t14-/m0/s1. The summed E-state index contributed by atoms with van der Waals surface area (Å²) in [5.74, 6) is 0.0879. The fourth-order valence-corrected chi connectivity index (χ4v) is 2.26. The van der Waals surface area contributed by atoms with Crippen molar-refractivity contribution in [3.8, 4) is 0 Å². The highest BCUT2D eigenvalue weighted by Crippen LogP contribution is 2.20. The number of hydrogen-bond donors (Lipinski definition) is 0. The third-order valence-electron chi connectivity index (χ3n) is 3.16. The second kappa shape index (κ2) is 6.37. The van der Waals surface area contributed by atoms with Gasteiger partial charge in [0.1, 0.15) is 6.61 Å². The summed E-state index contributed by atoms with van der Waals surface area (Å²) in [7, 11) is 0. The van der Waals surface area contributed by atoms with Crippen molar-refractivity contribution in [3.63, 3.8) is 0 Å². The maximum atomic E-state index is 12.2. The van der Waals surface area contributed by atoms with Gasteiger partial charge in [-0.25, -0.2) is 9.69 Å². The van der Waals surface area contributed by atoms with Crippen LogP contribution in [-0.4, -0.2) is 29.5 Å². The average molecular weight is 273 g/mol. The minimum atomic E-state index is -0.543. The number of amides is 2. The monoisotopic (exact) mass is 273 g/mol. The van der Waals surface area contributed by atoms with Crippen molar-refractivity contribution in [2.45, 2.75) is 26.3 Å². The zero-order valence-corrected chi connectivity index (χ0v) is 11.8. The van der Waals surface area contributed by atoms with Gasteiger partial charge in [0.2, 0.25) is 0 Å². The van der Waals surface area contributed by atoms with Crippen LogP contribution < -0.4 is 0 Å². The van der Waals surface area contributed by atoms with Gasteiger partial charge in [-0.3, -0.25) is 4.79 Å². The molecule has 4 nitrogen and oxygen atoms in total. The number of benzene rings is 1. The Labute approximate surface area is 119 Å². The summed E-state index contributed by atoms with van der Waals surface area (Å²) in [6.45, 7) is 4.42. The van der Waals surface area contributed by atoms with Gasteiger partial charge in [-0.15, -0.1) is 0 Å². The van der Waals surface area contributed by atoms with Gasteiger partial charge in [-0.1, -0.05) is 44.2 Å². The van der Waals surface area contributed by atoms with Crippen LogP contribution in [0.2, 0.25) is 0 Å². The van der Waals surface area contributed by atoms with Gasteiger partial charge in [0.25, 0.3) is 5.91 Å². The molecule has 20 heavy (non-hydrogen) atoms. The van der Waals surface area contributed by atoms with E-state index >= 15 is 0 Å². The number of rotatable bonds is 4. The van der Waals surface area contributed by atoms with E-state index < -0.39 is 6.09 Å². The average Bonchev–Trinajstić information content (AvgIpc) is 2.77. The number of hydrogen-bond acceptors (Lipinski definition) is 3. The lowest BCUT2D eigenvalue weighted by atomic mass is 10.0. The third-order valence-corrected chi connectivity index (χ3v) is 3.16. The molecule has 2 amide bonds. The summed E-state index contributed by atoms with van der Waals surface area (Å²) in [4.78, 5) is 25.0. The zero-order chi connectivity index (χ0) is 14.5. The van der Waals surface area contributed by atoms with Crippen molar-refractivity contribution in [1.82, 2.24) is 4.90 Å². The molecule has 1 aromatic carbocycles. The van der Waals surface area contributed by atoms with Crippen LogP contribution in [0.5, 0.6) is 0 Å². The van der Waals surface area contributed by atoms with E-state index in [0.29, 0.717) is 12.5 Å². The molecule has 0 aromatic heterocycles. The first-order valence-electron chi connectivity index (χ1n) is 6.81. The molecule has 1 aliphatic rings. The Balaban J connectivity index is 2.06. The van der Waals surface area contributed by atoms with Crippen LogP contribution in [0, 0.1) is 5.92 Å². The number of nitrogens with zero attached hydrogens (tertiary/aromatic N) is 1. The molecule has 1 aliphatic heterocycles. The van der Waals surface area contributed by atoms with E-state index in [1.165, 1.54) is 11.0 Å². The Morgan fingerprint density at radius 1 is 1.40 bits per heavy atom. The lowest BCUT2D eigenvalue weighted by Crippen LogP contribution is -2.38. The molecular weight excluding hydrogens is 254 g/mol. The summed E-state index contributed by atoms with van der Waals surface area (Å²) in [5.41, 5.74) is 0.925. The Morgan fingerprint density at radius 2 is 2.10 bits per heavy atom. The Kier molecular flexibility index (Phi) is 4.56. The number of carbonyl (C=O) groups excluding carboxylic acids is 2. The molecule has 0 aliphatic carbocycles. The molecule has 0 radical (unpaired) electrons. The molecule has 0 saturated carbocycles. The van der Waals surface area contributed by atoms with Crippen molar-refractivity contribution in [1.29, 1.82) is 0 Å². The summed E-state index contributed by atoms with van der Waals surface area (Å²) >= 11 is 0. The second-order valence-electron chi connectivity index (χ2n) is 5.31. The first-order valence-corrected chi connectivity index (χ1v) is 6.81.